The molecular weight excluding hydrogens is 176 g/mol. The number of nitrogens with two attached hydrogens (primary N) is 1. The molecule has 0 aliphatic heterocycles. The van der Waals surface area contributed by atoms with Crippen molar-refractivity contribution in [3.8, 4) is 0 Å². The summed E-state index contributed by atoms with van der Waals surface area (Å²) in [4.78, 5) is 11.3. The fourth-order valence-electron chi connectivity index (χ4n) is 1.46. The average Bonchev–Trinajstić information content (AvgIpc) is 2.19. The van der Waals surface area contributed by atoms with Crippen LogP contribution in [0, 0.1) is 11.3 Å². The second kappa shape index (κ2) is 7.30. The summed E-state index contributed by atoms with van der Waals surface area (Å²) in [6.45, 7) is 3.93. The van der Waals surface area contributed by atoms with Crippen molar-refractivity contribution in [2.75, 3.05) is 0 Å². The maximum absolute atomic E-state index is 11.3. The molecule has 3 heteroatoms. The van der Waals surface area contributed by atoms with Crippen molar-refractivity contribution in [3.05, 3.63) is 11.8 Å². The summed E-state index contributed by atoms with van der Waals surface area (Å²) in [6.07, 6.45) is 5.70. The lowest BCUT2D eigenvalue weighted by atomic mass is 9.90. The van der Waals surface area contributed by atoms with E-state index in [4.69, 9.17) is 11.1 Å². The highest BCUT2D eigenvalue weighted by atomic mass is 16.1. The Hall–Kier alpha value is -1.12. The van der Waals surface area contributed by atoms with Gasteiger partial charge in [-0.05, 0) is 24.1 Å². The Balaban J connectivity index is 4.41. The van der Waals surface area contributed by atoms with Gasteiger partial charge in [0, 0.05) is 19.1 Å². The van der Waals surface area contributed by atoms with Crippen molar-refractivity contribution in [1.82, 2.24) is 0 Å². The minimum Gasteiger partial charge on any atom is -0.404 e. The van der Waals surface area contributed by atoms with Gasteiger partial charge < -0.3 is 11.1 Å². The Kier molecular flexibility index (Phi) is 6.72. The topological polar surface area (TPSA) is 66.9 Å². The molecule has 0 saturated carbocycles. The molecule has 0 amide bonds. The lowest BCUT2D eigenvalue weighted by Crippen LogP contribution is -2.12. The number of carbonyl (C=O) groups is 1. The van der Waals surface area contributed by atoms with E-state index in [-0.39, 0.29) is 11.7 Å². The Morgan fingerprint density at radius 3 is 2.50 bits per heavy atom. The SMILES string of the molecule is CCCC(CC(=O)CC)/C(C=N)=C/N. The van der Waals surface area contributed by atoms with E-state index in [2.05, 4.69) is 6.92 Å². The van der Waals surface area contributed by atoms with Crippen LogP contribution < -0.4 is 5.73 Å². The number of hydrogen-bond donors (Lipinski definition) is 2. The highest BCUT2D eigenvalue weighted by Gasteiger charge is 2.14. The maximum atomic E-state index is 11.3. The average molecular weight is 196 g/mol. The van der Waals surface area contributed by atoms with E-state index in [9.17, 15) is 4.79 Å². The molecule has 0 fully saturated rings. The molecule has 1 unspecified atom stereocenters. The first-order valence-electron chi connectivity index (χ1n) is 5.13. The summed E-state index contributed by atoms with van der Waals surface area (Å²) in [6, 6.07) is 0. The van der Waals surface area contributed by atoms with Crippen LogP contribution in [-0.4, -0.2) is 12.0 Å². The van der Waals surface area contributed by atoms with E-state index in [0.29, 0.717) is 12.8 Å². The fraction of sp³-hybridized carbons (Fsp3) is 0.636. The third-order valence-corrected chi connectivity index (χ3v) is 2.34. The minimum atomic E-state index is 0.134. The van der Waals surface area contributed by atoms with Gasteiger partial charge in [-0.15, -0.1) is 0 Å². The van der Waals surface area contributed by atoms with Crippen molar-refractivity contribution in [2.45, 2.75) is 39.5 Å². The summed E-state index contributed by atoms with van der Waals surface area (Å²) >= 11 is 0. The molecule has 1 atom stereocenters. The third-order valence-electron chi connectivity index (χ3n) is 2.34. The predicted octanol–water partition coefficient (Wildman–Crippen LogP) is 2.26. The Labute approximate surface area is 85.9 Å². The predicted molar refractivity (Wildman–Crippen MR) is 59.4 cm³/mol. The summed E-state index contributed by atoms with van der Waals surface area (Å²) in [5.74, 6) is 0.375. The van der Waals surface area contributed by atoms with Gasteiger partial charge >= 0.3 is 0 Å². The monoisotopic (exact) mass is 196 g/mol. The quantitative estimate of drug-likeness (QED) is 0.613. The molecule has 0 bridgehead atoms. The largest absolute Gasteiger partial charge is 0.404 e. The number of carbonyl (C=O) groups excluding carboxylic acids is 1. The van der Waals surface area contributed by atoms with E-state index in [1.165, 1.54) is 12.4 Å². The third kappa shape index (κ3) is 4.21. The Bertz CT molecular complexity index is 221. The van der Waals surface area contributed by atoms with Crippen molar-refractivity contribution in [2.24, 2.45) is 11.7 Å². The van der Waals surface area contributed by atoms with Crippen LogP contribution in [0.1, 0.15) is 39.5 Å². The molecule has 0 spiro atoms. The van der Waals surface area contributed by atoms with Crippen LogP contribution in [0.5, 0.6) is 0 Å². The number of rotatable bonds is 7. The number of Topliss-reactive ketones (excluding diaryl/α,β-unsaturated/α-hetero) is 1. The van der Waals surface area contributed by atoms with Gasteiger partial charge in [0.2, 0.25) is 0 Å². The van der Waals surface area contributed by atoms with Crippen LogP contribution in [0.4, 0.5) is 0 Å². The number of allylic oxidation sites excluding steroid dienone is 1. The lowest BCUT2D eigenvalue weighted by molar-refractivity contribution is -0.119. The zero-order valence-electron chi connectivity index (χ0n) is 9.05. The molecule has 3 nitrogen and oxygen atoms in total. The van der Waals surface area contributed by atoms with Crippen molar-refractivity contribution >= 4 is 12.0 Å². The Morgan fingerprint density at radius 2 is 2.14 bits per heavy atom. The van der Waals surface area contributed by atoms with E-state index in [0.717, 1.165) is 18.4 Å². The van der Waals surface area contributed by atoms with Crippen LogP contribution >= 0.6 is 0 Å². The van der Waals surface area contributed by atoms with Gasteiger partial charge in [-0.2, -0.15) is 0 Å². The van der Waals surface area contributed by atoms with Crippen LogP contribution in [-0.2, 0) is 4.79 Å². The zero-order chi connectivity index (χ0) is 11.0. The lowest BCUT2D eigenvalue weighted by Gasteiger charge is -2.15. The molecule has 80 valence electrons. The van der Waals surface area contributed by atoms with Gasteiger partial charge in [0.25, 0.3) is 0 Å². The van der Waals surface area contributed by atoms with E-state index in [1.54, 1.807) is 0 Å². The second-order valence-corrected chi connectivity index (χ2v) is 3.39. The number of nitrogens with one attached hydrogen (secondary N) is 1. The number of hydrogen-bond acceptors (Lipinski definition) is 3. The van der Waals surface area contributed by atoms with Crippen LogP contribution in [0.2, 0.25) is 0 Å². The van der Waals surface area contributed by atoms with Crippen molar-refractivity contribution in [3.63, 3.8) is 0 Å². The highest BCUT2D eigenvalue weighted by molar-refractivity contribution is 5.82. The summed E-state index contributed by atoms with van der Waals surface area (Å²) in [5.41, 5.74) is 6.18. The summed E-state index contributed by atoms with van der Waals surface area (Å²) in [5, 5.41) is 7.19. The first kappa shape index (κ1) is 12.9. The molecule has 0 rings (SSSR count). The van der Waals surface area contributed by atoms with Crippen molar-refractivity contribution < 1.29 is 4.79 Å². The van der Waals surface area contributed by atoms with Crippen molar-refractivity contribution in [1.29, 1.82) is 5.41 Å². The second-order valence-electron chi connectivity index (χ2n) is 3.39. The van der Waals surface area contributed by atoms with E-state index < -0.39 is 0 Å². The molecule has 0 saturated heterocycles. The molecule has 0 aliphatic carbocycles. The summed E-state index contributed by atoms with van der Waals surface area (Å²) in [7, 11) is 0. The first-order chi connectivity index (χ1) is 6.69. The molecule has 3 N–H and O–H groups in total. The van der Waals surface area contributed by atoms with Crippen LogP contribution in [0.3, 0.4) is 0 Å². The van der Waals surface area contributed by atoms with Gasteiger partial charge in [0.05, 0.1) is 0 Å². The fourth-order valence-corrected chi connectivity index (χ4v) is 1.46. The molecule has 0 aliphatic rings. The molecule has 0 radical (unpaired) electrons. The summed E-state index contributed by atoms with van der Waals surface area (Å²) < 4.78 is 0. The smallest absolute Gasteiger partial charge is 0.133 e. The first-order valence-corrected chi connectivity index (χ1v) is 5.13. The minimum absolute atomic E-state index is 0.134. The molecule has 0 aromatic heterocycles. The maximum Gasteiger partial charge on any atom is 0.133 e. The van der Waals surface area contributed by atoms with Crippen LogP contribution in [0.25, 0.3) is 0 Å². The molecular formula is C11H20N2O. The van der Waals surface area contributed by atoms with Gasteiger partial charge in [-0.25, -0.2) is 0 Å². The standard InChI is InChI=1S/C11H20N2O/c1-3-5-9(6-11(14)4-2)10(7-12)8-13/h7-9,12H,3-6,13H2,1-2H3/b10-8+,12-7?. The highest BCUT2D eigenvalue weighted by Crippen LogP contribution is 2.20. The molecule has 14 heavy (non-hydrogen) atoms. The van der Waals surface area contributed by atoms with Crippen LogP contribution in [0.15, 0.2) is 11.8 Å². The van der Waals surface area contributed by atoms with Gasteiger partial charge in [0.1, 0.15) is 5.78 Å². The Morgan fingerprint density at radius 1 is 1.50 bits per heavy atom. The molecule has 0 heterocycles. The van der Waals surface area contributed by atoms with E-state index >= 15 is 0 Å². The molecule has 0 aromatic carbocycles. The van der Waals surface area contributed by atoms with E-state index in [1.807, 2.05) is 6.92 Å². The van der Waals surface area contributed by atoms with Gasteiger partial charge in [-0.3, -0.25) is 4.79 Å². The van der Waals surface area contributed by atoms with Gasteiger partial charge in [-0.1, -0.05) is 20.3 Å². The zero-order valence-corrected chi connectivity index (χ0v) is 9.05. The number of ketones is 1. The van der Waals surface area contributed by atoms with Gasteiger partial charge in [0.15, 0.2) is 0 Å². The normalized spacial score (nSPS) is 13.7. The molecule has 0 aromatic rings.